The predicted molar refractivity (Wildman–Crippen MR) is 53.6 cm³/mol. The maximum atomic E-state index is 11.1. The summed E-state index contributed by atoms with van der Waals surface area (Å²) in [7, 11) is 0. The van der Waals surface area contributed by atoms with Crippen LogP contribution in [-0.4, -0.2) is 31.3 Å². The second-order valence-corrected chi connectivity index (χ2v) is 3.11. The number of rotatable bonds is 7. The Morgan fingerprint density at radius 2 is 1.93 bits per heavy atom. The summed E-state index contributed by atoms with van der Waals surface area (Å²) in [6, 6.07) is -0.674. The molecule has 0 amide bonds. The number of hydrogen-bond donors (Lipinski definition) is 2. The highest BCUT2D eigenvalue weighted by atomic mass is 16.7. The van der Waals surface area contributed by atoms with Crippen molar-refractivity contribution in [2.24, 2.45) is 11.5 Å². The summed E-state index contributed by atoms with van der Waals surface area (Å²) >= 11 is 0. The third-order valence-corrected chi connectivity index (χ3v) is 1.74. The number of nitrogens with two attached hydrogens (primary N) is 2. The standard InChI is InChI=1S/C9H18N2O4/c1-7(12)14-6-15-9(13)8(11)4-2-3-5-10/h8H,2-6,10-11H2,1H3/t8-/m0/s1. The van der Waals surface area contributed by atoms with Crippen LogP contribution in [0.25, 0.3) is 0 Å². The SMILES string of the molecule is CC(=O)OCOC(=O)[C@@H](N)CCCCN. The lowest BCUT2D eigenvalue weighted by Crippen LogP contribution is -2.33. The molecule has 0 aliphatic carbocycles. The molecule has 0 spiro atoms. The Kier molecular flexibility index (Phi) is 7.57. The van der Waals surface area contributed by atoms with Crippen molar-refractivity contribution >= 4 is 11.9 Å². The lowest BCUT2D eigenvalue weighted by molar-refractivity contribution is -0.166. The van der Waals surface area contributed by atoms with Crippen LogP contribution in [0.4, 0.5) is 0 Å². The Balaban J connectivity index is 3.55. The van der Waals surface area contributed by atoms with E-state index in [1.807, 2.05) is 0 Å². The van der Waals surface area contributed by atoms with E-state index in [2.05, 4.69) is 9.47 Å². The van der Waals surface area contributed by atoms with Gasteiger partial charge >= 0.3 is 11.9 Å². The van der Waals surface area contributed by atoms with Crippen molar-refractivity contribution < 1.29 is 19.1 Å². The van der Waals surface area contributed by atoms with Gasteiger partial charge in [-0.25, -0.2) is 0 Å². The summed E-state index contributed by atoms with van der Waals surface area (Å²) < 4.78 is 9.04. The van der Waals surface area contributed by atoms with Gasteiger partial charge in [0, 0.05) is 6.92 Å². The lowest BCUT2D eigenvalue weighted by Gasteiger charge is -2.10. The van der Waals surface area contributed by atoms with Crippen molar-refractivity contribution in [3.05, 3.63) is 0 Å². The molecule has 0 aromatic rings. The quantitative estimate of drug-likeness (QED) is 0.339. The average Bonchev–Trinajstić information content (AvgIpc) is 2.17. The highest BCUT2D eigenvalue weighted by Crippen LogP contribution is 1.99. The molecule has 0 unspecified atom stereocenters. The summed E-state index contributed by atoms with van der Waals surface area (Å²) in [6.45, 7) is 1.43. The van der Waals surface area contributed by atoms with Crippen molar-refractivity contribution in [1.82, 2.24) is 0 Å². The van der Waals surface area contributed by atoms with Crippen molar-refractivity contribution in [2.45, 2.75) is 32.2 Å². The van der Waals surface area contributed by atoms with Gasteiger partial charge in [0.25, 0.3) is 0 Å². The van der Waals surface area contributed by atoms with Crippen LogP contribution in [0.15, 0.2) is 0 Å². The van der Waals surface area contributed by atoms with E-state index in [1.165, 1.54) is 6.92 Å². The van der Waals surface area contributed by atoms with Gasteiger partial charge in [0.05, 0.1) is 0 Å². The van der Waals surface area contributed by atoms with E-state index >= 15 is 0 Å². The van der Waals surface area contributed by atoms with Gasteiger partial charge in [-0.1, -0.05) is 6.42 Å². The minimum atomic E-state index is -0.674. The average molecular weight is 218 g/mol. The van der Waals surface area contributed by atoms with Crippen molar-refractivity contribution in [3.8, 4) is 0 Å². The van der Waals surface area contributed by atoms with Gasteiger partial charge < -0.3 is 20.9 Å². The van der Waals surface area contributed by atoms with Gasteiger partial charge in [-0.3, -0.25) is 9.59 Å². The van der Waals surface area contributed by atoms with E-state index in [4.69, 9.17) is 11.5 Å². The van der Waals surface area contributed by atoms with E-state index in [0.717, 1.165) is 12.8 Å². The molecule has 0 aromatic heterocycles. The second-order valence-electron chi connectivity index (χ2n) is 3.11. The van der Waals surface area contributed by atoms with Crippen molar-refractivity contribution in [2.75, 3.05) is 13.3 Å². The van der Waals surface area contributed by atoms with Crippen molar-refractivity contribution in [3.63, 3.8) is 0 Å². The van der Waals surface area contributed by atoms with Crippen LogP contribution in [0, 0.1) is 0 Å². The summed E-state index contributed by atoms with van der Waals surface area (Å²) in [5, 5.41) is 0. The first kappa shape index (κ1) is 13.9. The van der Waals surface area contributed by atoms with E-state index in [0.29, 0.717) is 13.0 Å². The van der Waals surface area contributed by atoms with Crippen LogP contribution in [0.3, 0.4) is 0 Å². The monoisotopic (exact) mass is 218 g/mol. The molecule has 0 heterocycles. The number of carbonyl (C=O) groups is 2. The van der Waals surface area contributed by atoms with E-state index in [9.17, 15) is 9.59 Å². The maximum Gasteiger partial charge on any atom is 0.325 e. The summed E-state index contributed by atoms with van der Waals surface area (Å²) in [5.74, 6) is -1.06. The summed E-state index contributed by atoms with van der Waals surface area (Å²) in [5.41, 5.74) is 10.8. The van der Waals surface area contributed by atoms with Crippen LogP contribution in [0.5, 0.6) is 0 Å². The number of esters is 2. The molecule has 1 atom stereocenters. The van der Waals surface area contributed by atoms with Gasteiger partial charge in [0.1, 0.15) is 6.04 Å². The van der Waals surface area contributed by atoms with Crippen LogP contribution < -0.4 is 11.5 Å². The zero-order chi connectivity index (χ0) is 11.7. The normalized spacial score (nSPS) is 11.9. The van der Waals surface area contributed by atoms with E-state index < -0.39 is 18.0 Å². The molecule has 0 rings (SSSR count). The molecule has 0 fully saturated rings. The maximum absolute atomic E-state index is 11.1. The van der Waals surface area contributed by atoms with Gasteiger partial charge in [-0.15, -0.1) is 0 Å². The van der Waals surface area contributed by atoms with Crippen LogP contribution in [0.1, 0.15) is 26.2 Å². The Bertz CT molecular complexity index is 208. The zero-order valence-corrected chi connectivity index (χ0v) is 8.90. The second kappa shape index (κ2) is 8.19. The molecule has 6 nitrogen and oxygen atoms in total. The van der Waals surface area contributed by atoms with E-state index in [1.54, 1.807) is 0 Å². The topological polar surface area (TPSA) is 105 Å². The van der Waals surface area contributed by atoms with Gasteiger partial charge in [-0.2, -0.15) is 0 Å². The van der Waals surface area contributed by atoms with Crippen LogP contribution >= 0.6 is 0 Å². The van der Waals surface area contributed by atoms with Crippen LogP contribution in [0.2, 0.25) is 0 Å². The molecular formula is C9H18N2O4. The molecular weight excluding hydrogens is 200 g/mol. The predicted octanol–water partition coefficient (Wildman–Crippen LogP) is -0.493. The molecule has 0 aromatic carbocycles. The fraction of sp³-hybridized carbons (Fsp3) is 0.778. The molecule has 0 saturated carbocycles. The minimum absolute atomic E-state index is 0.376. The zero-order valence-electron chi connectivity index (χ0n) is 8.90. The fourth-order valence-electron chi connectivity index (χ4n) is 0.904. The highest BCUT2D eigenvalue weighted by Gasteiger charge is 2.14. The first-order chi connectivity index (χ1) is 7.07. The Labute approximate surface area is 88.9 Å². The fourth-order valence-corrected chi connectivity index (χ4v) is 0.904. The smallest absolute Gasteiger partial charge is 0.325 e. The Morgan fingerprint density at radius 3 is 2.47 bits per heavy atom. The Hall–Kier alpha value is -1.14. The third-order valence-electron chi connectivity index (χ3n) is 1.74. The van der Waals surface area contributed by atoms with E-state index in [-0.39, 0.29) is 6.79 Å². The molecule has 0 radical (unpaired) electrons. The van der Waals surface area contributed by atoms with Gasteiger partial charge in [-0.05, 0) is 19.4 Å². The largest absolute Gasteiger partial charge is 0.428 e. The molecule has 15 heavy (non-hydrogen) atoms. The molecule has 6 heteroatoms. The molecule has 0 aliphatic rings. The van der Waals surface area contributed by atoms with Crippen molar-refractivity contribution in [1.29, 1.82) is 0 Å². The van der Waals surface area contributed by atoms with Gasteiger partial charge in [0.15, 0.2) is 0 Å². The van der Waals surface area contributed by atoms with Crippen LogP contribution in [-0.2, 0) is 19.1 Å². The summed E-state index contributed by atoms with van der Waals surface area (Å²) in [6.07, 6.45) is 2.13. The first-order valence-corrected chi connectivity index (χ1v) is 4.83. The highest BCUT2D eigenvalue weighted by molar-refractivity contribution is 5.75. The lowest BCUT2D eigenvalue weighted by atomic mass is 10.1. The Morgan fingerprint density at radius 1 is 1.27 bits per heavy atom. The summed E-state index contributed by atoms with van der Waals surface area (Å²) in [4.78, 5) is 21.5. The molecule has 4 N–H and O–H groups in total. The number of hydrogen-bond acceptors (Lipinski definition) is 6. The number of carbonyl (C=O) groups excluding carboxylic acids is 2. The molecule has 0 saturated heterocycles. The van der Waals surface area contributed by atoms with Gasteiger partial charge in [0.2, 0.25) is 6.79 Å². The number of unbranched alkanes of at least 4 members (excludes halogenated alkanes) is 1. The molecule has 0 aliphatic heterocycles. The molecule has 0 bridgehead atoms. The number of ether oxygens (including phenoxy) is 2. The first-order valence-electron chi connectivity index (χ1n) is 4.83. The minimum Gasteiger partial charge on any atom is -0.428 e. The molecule has 88 valence electrons. The third kappa shape index (κ3) is 7.90.